The molecule has 0 fully saturated rings. The summed E-state index contributed by atoms with van der Waals surface area (Å²) in [6, 6.07) is 8.68. The summed E-state index contributed by atoms with van der Waals surface area (Å²) in [4.78, 5) is 12.3. The van der Waals surface area contributed by atoms with Gasteiger partial charge in [0.1, 0.15) is 0 Å². The van der Waals surface area contributed by atoms with Crippen LogP contribution in [0.4, 0.5) is 5.69 Å². The van der Waals surface area contributed by atoms with Crippen LogP contribution < -0.4 is 5.32 Å². The average molecular weight is 425 g/mol. The summed E-state index contributed by atoms with van der Waals surface area (Å²) in [7, 11) is 0. The number of hydrogen-bond donors (Lipinski definition) is 3. The van der Waals surface area contributed by atoms with Crippen LogP contribution >= 0.6 is 31.9 Å². The number of phenols is 2. The SMILES string of the molecule is CC(=C1C(=O)Nc2ccc(Br)cc21)c1cc(O)c(O)c(Br)c1. The molecule has 3 N–H and O–H groups in total. The van der Waals surface area contributed by atoms with Crippen molar-refractivity contribution >= 4 is 54.6 Å². The van der Waals surface area contributed by atoms with Crippen LogP contribution in [0.5, 0.6) is 11.5 Å². The normalized spacial score (nSPS) is 15.5. The van der Waals surface area contributed by atoms with Crippen LogP contribution in [-0.2, 0) is 4.79 Å². The number of rotatable bonds is 1. The van der Waals surface area contributed by atoms with E-state index >= 15 is 0 Å². The fraction of sp³-hybridized carbons (Fsp3) is 0.0625. The van der Waals surface area contributed by atoms with Crippen molar-refractivity contribution < 1.29 is 15.0 Å². The quantitative estimate of drug-likeness (QED) is 0.466. The summed E-state index contributed by atoms with van der Waals surface area (Å²) in [5.41, 5.74) is 3.48. The standard InChI is InChI=1S/C16H11Br2NO3/c1-7(8-4-11(18)15(21)13(20)5-8)14-10-6-9(17)2-3-12(10)19-16(14)22/h2-6,20-21H,1H3,(H,19,22). The second kappa shape index (κ2) is 5.44. The molecule has 1 aliphatic rings. The lowest BCUT2D eigenvalue weighted by molar-refractivity contribution is -0.110. The second-order valence-corrected chi connectivity index (χ2v) is 6.74. The monoisotopic (exact) mass is 423 g/mol. The Kier molecular flexibility index (Phi) is 3.74. The van der Waals surface area contributed by atoms with E-state index in [2.05, 4.69) is 37.2 Å². The van der Waals surface area contributed by atoms with Crippen molar-refractivity contribution in [2.45, 2.75) is 6.92 Å². The molecule has 0 saturated carbocycles. The summed E-state index contributed by atoms with van der Waals surface area (Å²) in [6.07, 6.45) is 0. The van der Waals surface area contributed by atoms with E-state index < -0.39 is 0 Å². The summed E-state index contributed by atoms with van der Waals surface area (Å²) >= 11 is 6.60. The van der Waals surface area contributed by atoms with Gasteiger partial charge in [-0.2, -0.15) is 0 Å². The van der Waals surface area contributed by atoms with Crippen LogP contribution in [0.3, 0.4) is 0 Å². The predicted octanol–water partition coefficient (Wildman–Crippen LogP) is 4.51. The van der Waals surface area contributed by atoms with Crippen molar-refractivity contribution in [3.63, 3.8) is 0 Å². The number of allylic oxidation sites excluding steroid dienone is 1. The van der Waals surface area contributed by atoms with E-state index in [4.69, 9.17) is 0 Å². The number of carbonyl (C=O) groups excluding carboxylic acids is 1. The maximum Gasteiger partial charge on any atom is 0.256 e. The van der Waals surface area contributed by atoms with Gasteiger partial charge in [-0.25, -0.2) is 0 Å². The zero-order chi connectivity index (χ0) is 16.0. The molecule has 0 atom stereocenters. The molecule has 2 aromatic rings. The number of nitrogens with one attached hydrogen (secondary N) is 1. The third-order valence-corrected chi connectivity index (χ3v) is 4.68. The molecule has 1 aliphatic heterocycles. The molecule has 3 rings (SSSR count). The van der Waals surface area contributed by atoms with Gasteiger partial charge in [0.25, 0.3) is 5.91 Å². The highest BCUT2D eigenvalue weighted by Crippen LogP contribution is 2.41. The topological polar surface area (TPSA) is 69.6 Å². The molecule has 112 valence electrons. The van der Waals surface area contributed by atoms with Crippen LogP contribution in [0, 0.1) is 0 Å². The Morgan fingerprint density at radius 1 is 1.14 bits per heavy atom. The van der Waals surface area contributed by atoms with Gasteiger partial charge in [0.15, 0.2) is 11.5 Å². The fourth-order valence-electron chi connectivity index (χ4n) is 2.46. The maximum atomic E-state index is 12.3. The van der Waals surface area contributed by atoms with Crippen LogP contribution in [0.15, 0.2) is 39.3 Å². The van der Waals surface area contributed by atoms with Gasteiger partial charge in [0, 0.05) is 15.7 Å². The lowest BCUT2D eigenvalue weighted by Gasteiger charge is -2.09. The number of amides is 1. The van der Waals surface area contributed by atoms with E-state index in [1.165, 1.54) is 6.07 Å². The molecule has 0 aromatic heterocycles. The lowest BCUT2D eigenvalue weighted by Crippen LogP contribution is -2.05. The first-order valence-corrected chi connectivity index (χ1v) is 8.01. The Hall–Kier alpha value is -1.79. The second-order valence-electron chi connectivity index (χ2n) is 4.97. The Bertz CT molecular complexity index is 820. The van der Waals surface area contributed by atoms with Crippen LogP contribution in [0.1, 0.15) is 18.1 Å². The lowest BCUT2D eigenvalue weighted by atomic mass is 9.96. The van der Waals surface area contributed by atoms with E-state index in [1.54, 1.807) is 6.07 Å². The van der Waals surface area contributed by atoms with Gasteiger partial charge in [-0.1, -0.05) is 15.9 Å². The van der Waals surface area contributed by atoms with Crippen molar-refractivity contribution in [1.82, 2.24) is 0 Å². The highest BCUT2D eigenvalue weighted by atomic mass is 79.9. The molecule has 4 nitrogen and oxygen atoms in total. The Labute approximate surface area is 143 Å². The number of fused-ring (bicyclic) bond motifs is 1. The third-order valence-electron chi connectivity index (χ3n) is 3.58. The van der Waals surface area contributed by atoms with Crippen LogP contribution in [0.2, 0.25) is 0 Å². The molecule has 1 heterocycles. The minimum atomic E-state index is -0.239. The number of anilines is 1. The first-order chi connectivity index (χ1) is 10.4. The van der Waals surface area contributed by atoms with Gasteiger partial charge in [0.05, 0.1) is 10.0 Å². The minimum Gasteiger partial charge on any atom is -0.504 e. The number of benzene rings is 2. The Morgan fingerprint density at radius 3 is 2.55 bits per heavy atom. The Balaban J connectivity index is 2.23. The summed E-state index contributed by atoms with van der Waals surface area (Å²) < 4.78 is 1.25. The van der Waals surface area contributed by atoms with E-state index in [9.17, 15) is 15.0 Å². The number of aromatic hydroxyl groups is 2. The molecule has 22 heavy (non-hydrogen) atoms. The van der Waals surface area contributed by atoms with Crippen LogP contribution in [-0.4, -0.2) is 16.1 Å². The number of hydrogen-bond acceptors (Lipinski definition) is 3. The number of carbonyl (C=O) groups is 1. The smallest absolute Gasteiger partial charge is 0.256 e. The van der Waals surface area contributed by atoms with Crippen LogP contribution in [0.25, 0.3) is 11.1 Å². The van der Waals surface area contributed by atoms with E-state index in [-0.39, 0.29) is 17.4 Å². The third kappa shape index (κ3) is 2.42. The minimum absolute atomic E-state index is 0.186. The average Bonchev–Trinajstić information content (AvgIpc) is 2.78. The molecular weight excluding hydrogens is 414 g/mol. The summed E-state index contributed by atoms with van der Waals surface area (Å²) in [5, 5.41) is 22.2. The Morgan fingerprint density at radius 2 is 1.86 bits per heavy atom. The summed E-state index contributed by atoms with van der Waals surface area (Å²) in [6.45, 7) is 1.81. The molecular formula is C16H11Br2NO3. The summed E-state index contributed by atoms with van der Waals surface area (Å²) in [5.74, 6) is -0.646. The van der Waals surface area contributed by atoms with Gasteiger partial charge in [-0.15, -0.1) is 0 Å². The molecule has 1 amide bonds. The largest absolute Gasteiger partial charge is 0.504 e. The predicted molar refractivity (Wildman–Crippen MR) is 92.7 cm³/mol. The van der Waals surface area contributed by atoms with Crippen molar-refractivity contribution in [3.05, 3.63) is 50.4 Å². The molecule has 0 spiro atoms. The molecule has 0 radical (unpaired) electrons. The molecule has 0 aliphatic carbocycles. The number of phenolic OH excluding ortho intramolecular Hbond substituents is 2. The molecule has 0 saturated heterocycles. The first kappa shape index (κ1) is 15.1. The highest BCUT2D eigenvalue weighted by molar-refractivity contribution is 9.10. The zero-order valence-corrected chi connectivity index (χ0v) is 14.6. The number of halogens is 2. The van der Waals surface area contributed by atoms with Gasteiger partial charge < -0.3 is 15.5 Å². The van der Waals surface area contributed by atoms with Gasteiger partial charge >= 0.3 is 0 Å². The van der Waals surface area contributed by atoms with Crippen molar-refractivity contribution in [1.29, 1.82) is 0 Å². The van der Waals surface area contributed by atoms with E-state index in [0.29, 0.717) is 21.2 Å². The molecule has 6 heteroatoms. The van der Waals surface area contributed by atoms with Crippen molar-refractivity contribution in [2.75, 3.05) is 5.32 Å². The maximum absolute atomic E-state index is 12.3. The molecule has 2 aromatic carbocycles. The molecule has 0 unspecified atom stereocenters. The first-order valence-electron chi connectivity index (χ1n) is 6.42. The van der Waals surface area contributed by atoms with E-state index in [0.717, 1.165) is 15.7 Å². The fourth-order valence-corrected chi connectivity index (χ4v) is 3.27. The zero-order valence-electron chi connectivity index (χ0n) is 11.4. The van der Waals surface area contributed by atoms with Gasteiger partial charge in [-0.05, 0) is 64.3 Å². The van der Waals surface area contributed by atoms with Gasteiger partial charge in [-0.3, -0.25) is 4.79 Å². The van der Waals surface area contributed by atoms with Crippen molar-refractivity contribution in [2.24, 2.45) is 0 Å². The highest BCUT2D eigenvalue weighted by Gasteiger charge is 2.27. The molecule has 0 bridgehead atoms. The van der Waals surface area contributed by atoms with Crippen molar-refractivity contribution in [3.8, 4) is 11.5 Å². The van der Waals surface area contributed by atoms with Gasteiger partial charge in [0.2, 0.25) is 0 Å². The van der Waals surface area contributed by atoms with E-state index in [1.807, 2.05) is 25.1 Å².